The monoisotopic (exact) mass is 343 g/mol. The first-order valence-corrected chi connectivity index (χ1v) is 7.88. The summed E-state index contributed by atoms with van der Waals surface area (Å²) >= 11 is 1.25. The van der Waals surface area contributed by atoms with Gasteiger partial charge in [0.15, 0.2) is 11.7 Å². The second-order valence-electron chi connectivity index (χ2n) is 5.03. The maximum absolute atomic E-state index is 12.0. The molecule has 0 bridgehead atoms. The van der Waals surface area contributed by atoms with Crippen LogP contribution in [0.15, 0.2) is 42.5 Å². The van der Waals surface area contributed by atoms with Crippen molar-refractivity contribution in [3.05, 3.63) is 58.1 Å². The van der Waals surface area contributed by atoms with E-state index in [0.717, 1.165) is 10.3 Å². The Bertz CT molecular complexity index is 923. The largest absolute Gasteiger partial charge is 0.483 e. The number of nitro groups is 1. The summed E-state index contributed by atoms with van der Waals surface area (Å²) in [5.41, 5.74) is 1.38. The number of aromatic nitrogens is 1. The maximum Gasteiger partial charge on any atom is 0.271 e. The molecule has 1 heterocycles. The van der Waals surface area contributed by atoms with Gasteiger partial charge in [-0.1, -0.05) is 29.5 Å². The lowest BCUT2D eigenvalue weighted by molar-refractivity contribution is -0.384. The molecule has 1 amide bonds. The number of hydrogen-bond acceptors (Lipinski definition) is 6. The second kappa shape index (κ2) is 6.63. The highest BCUT2D eigenvalue weighted by molar-refractivity contribution is 7.22. The van der Waals surface area contributed by atoms with E-state index in [4.69, 9.17) is 4.74 Å². The fourth-order valence-corrected chi connectivity index (χ4v) is 2.96. The van der Waals surface area contributed by atoms with Gasteiger partial charge in [0.05, 0.1) is 15.1 Å². The van der Waals surface area contributed by atoms with Crippen molar-refractivity contribution < 1.29 is 14.5 Å². The van der Waals surface area contributed by atoms with Crippen molar-refractivity contribution in [1.82, 2.24) is 4.98 Å². The third-order valence-electron chi connectivity index (χ3n) is 3.28. The minimum Gasteiger partial charge on any atom is -0.483 e. The van der Waals surface area contributed by atoms with Crippen LogP contribution in [0.5, 0.6) is 5.75 Å². The molecule has 0 spiro atoms. The number of non-ortho nitro benzene ring substituents is 1. The van der Waals surface area contributed by atoms with Gasteiger partial charge >= 0.3 is 0 Å². The SMILES string of the molecule is Cc1ccccc1OCC(=O)Nc1nc2cc([N+](=O)[O-])ccc2s1. The molecule has 0 radical (unpaired) electrons. The molecule has 3 aromatic rings. The van der Waals surface area contributed by atoms with E-state index in [2.05, 4.69) is 10.3 Å². The molecule has 0 unspecified atom stereocenters. The first kappa shape index (κ1) is 15.9. The molecule has 24 heavy (non-hydrogen) atoms. The number of benzene rings is 2. The van der Waals surface area contributed by atoms with Crippen LogP contribution in [-0.4, -0.2) is 22.4 Å². The number of rotatable bonds is 5. The minimum atomic E-state index is -0.479. The molecule has 7 nitrogen and oxygen atoms in total. The molecule has 1 aromatic heterocycles. The number of fused-ring (bicyclic) bond motifs is 1. The van der Waals surface area contributed by atoms with E-state index in [1.54, 1.807) is 12.1 Å². The van der Waals surface area contributed by atoms with Crippen LogP contribution in [0.1, 0.15) is 5.56 Å². The third-order valence-corrected chi connectivity index (χ3v) is 4.23. The van der Waals surface area contributed by atoms with Crippen molar-refractivity contribution in [2.24, 2.45) is 0 Å². The summed E-state index contributed by atoms with van der Waals surface area (Å²) in [7, 11) is 0. The summed E-state index contributed by atoms with van der Waals surface area (Å²) in [5.74, 6) is 0.305. The van der Waals surface area contributed by atoms with Crippen molar-refractivity contribution in [2.45, 2.75) is 6.92 Å². The van der Waals surface area contributed by atoms with Gasteiger partial charge in [0.2, 0.25) is 0 Å². The van der Waals surface area contributed by atoms with Crippen LogP contribution in [0.25, 0.3) is 10.2 Å². The number of para-hydroxylation sites is 1. The normalized spacial score (nSPS) is 10.5. The second-order valence-corrected chi connectivity index (χ2v) is 6.06. The number of hydrogen-bond donors (Lipinski definition) is 1. The number of nitro benzene ring substituents is 1. The standard InChI is InChI=1S/C16H13N3O4S/c1-10-4-2-3-5-13(10)23-9-15(20)18-16-17-12-8-11(19(21)22)6-7-14(12)24-16/h2-8H,9H2,1H3,(H,17,18,20). The number of anilines is 1. The van der Waals surface area contributed by atoms with E-state index in [1.165, 1.54) is 23.5 Å². The number of nitrogens with one attached hydrogen (secondary N) is 1. The number of ether oxygens (including phenoxy) is 1. The van der Waals surface area contributed by atoms with E-state index >= 15 is 0 Å². The zero-order valence-electron chi connectivity index (χ0n) is 12.7. The van der Waals surface area contributed by atoms with Crippen molar-refractivity contribution in [2.75, 3.05) is 11.9 Å². The fraction of sp³-hybridized carbons (Fsp3) is 0.125. The van der Waals surface area contributed by atoms with Crippen LogP contribution >= 0.6 is 11.3 Å². The van der Waals surface area contributed by atoms with E-state index in [1.807, 2.05) is 25.1 Å². The molecule has 0 aliphatic rings. The number of thiazole rings is 1. The third kappa shape index (κ3) is 3.49. The van der Waals surface area contributed by atoms with Gasteiger partial charge in [-0.15, -0.1) is 0 Å². The molecule has 0 aliphatic heterocycles. The lowest BCUT2D eigenvalue weighted by Crippen LogP contribution is -2.20. The van der Waals surface area contributed by atoms with Crippen molar-refractivity contribution in [1.29, 1.82) is 0 Å². The molecule has 0 saturated heterocycles. The van der Waals surface area contributed by atoms with Gasteiger partial charge < -0.3 is 4.74 Å². The van der Waals surface area contributed by atoms with Crippen LogP contribution in [0.4, 0.5) is 10.8 Å². The predicted octanol–water partition coefficient (Wildman–Crippen LogP) is 3.53. The summed E-state index contributed by atoms with van der Waals surface area (Å²) in [6.07, 6.45) is 0. The van der Waals surface area contributed by atoms with Gasteiger partial charge in [0.1, 0.15) is 5.75 Å². The lowest BCUT2D eigenvalue weighted by Gasteiger charge is -2.07. The van der Waals surface area contributed by atoms with Crippen LogP contribution in [0, 0.1) is 17.0 Å². The lowest BCUT2D eigenvalue weighted by atomic mass is 10.2. The first-order valence-electron chi connectivity index (χ1n) is 7.06. The first-order chi connectivity index (χ1) is 11.5. The summed E-state index contributed by atoms with van der Waals surface area (Å²) in [5, 5.41) is 13.8. The minimum absolute atomic E-state index is 0.0337. The maximum atomic E-state index is 12.0. The molecule has 0 saturated carbocycles. The average molecular weight is 343 g/mol. The molecule has 0 fully saturated rings. The molecule has 8 heteroatoms. The number of carbonyl (C=O) groups is 1. The molecular formula is C16H13N3O4S. The fourth-order valence-electron chi connectivity index (χ4n) is 2.10. The Hall–Kier alpha value is -3.00. The van der Waals surface area contributed by atoms with E-state index in [-0.39, 0.29) is 18.2 Å². The van der Waals surface area contributed by atoms with Gasteiger partial charge in [0.25, 0.3) is 11.6 Å². The Labute approximate surface area is 141 Å². The molecule has 2 aromatic carbocycles. The Kier molecular flexibility index (Phi) is 4.39. The van der Waals surface area contributed by atoms with E-state index in [9.17, 15) is 14.9 Å². The van der Waals surface area contributed by atoms with Gasteiger partial charge in [-0.3, -0.25) is 20.2 Å². The summed E-state index contributed by atoms with van der Waals surface area (Å²) in [6.45, 7) is 1.76. The summed E-state index contributed by atoms with van der Waals surface area (Å²) in [6, 6.07) is 11.8. The Morgan fingerprint density at radius 1 is 1.33 bits per heavy atom. The summed E-state index contributed by atoms with van der Waals surface area (Å²) in [4.78, 5) is 26.5. The Balaban J connectivity index is 1.67. The Morgan fingerprint density at radius 2 is 2.12 bits per heavy atom. The zero-order valence-corrected chi connectivity index (χ0v) is 13.5. The van der Waals surface area contributed by atoms with Crippen LogP contribution in [0.2, 0.25) is 0 Å². The molecule has 0 atom stereocenters. The highest BCUT2D eigenvalue weighted by Crippen LogP contribution is 2.28. The van der Waals surface area contributed by atoms with Gasteiger partial charge in [-0.25, -0.2) is 4.98 Å². The highest BCUT2D eigenvalue weighted by atomic mass is 32.1. The predicted molar refractivity (Wildman–Crippen MR) is 91.6 cm³/mol. The molecule has 122 valence electrons. The molecule has 3 rings (SSSR count). The summed E-state index contributed by atoms with van der Waals surface area (Å²) < 4.78 is 6.23. The Morgan fingerprint density at radius 3 is 2.88 bits per heavy atom. The average Bonchev–Trinajstić information content (AvgIpc) is 2.95. The van der Waals surface area contributed by atoms with Crippen molar-refractivity contribution in [3.8, 4) is 5.75 Å². The zero-order chi connectivity index (χ0) is 17.1. The van der Waals surface area contributed by atoms with Crippen LogP contribution in [0.3, 0.4) is 0 Å². The molecule has 1 N–H and O–H groups in total. The van der Waals surface area contributed by atoms with E-state index in [0.29, 0.717) is 16.4 Å². The smallest absolute Gasteiger partial charge is 0.271 e. The van der Waals surface area contributed by atoms with Gasteiger partial charge in [-0.2, -0.15) is 0 Å². The number of amides is 1. The quantitative estimate of drug-likeness (QED) is 0.565. The number of aryl methyl sites for hydroxylation is 1. The number of nitrogens with zero attached hydrogens (tertiary/aromatic N) is 2. The van der Waals surface area contributed by atoms with Gasteiger partial charge in [0, 0.05) is 12.1 Å². The van der Waals surface area contributed by atoms with E-state index < -0.39 is 4.92 Å². The molecular weight excluding hydrogens is 330 g/mol. The topological polar surface area (TPSA) is 94.4 Å². The van der Waals surface area contributed by atoms with Gasteiger partial charge in [-0.05, 0) is 24.6 Å². The van der Waals surface area contributed by atoms with Crippen molar-refractivity contribution >= 4 is 38.3 Å². The molecule has 0 aliphatic carbocycles. The van der Waals surface area contributed by atoms with Crippen molar-refractivity contribution in [3.63, 3.8) is 0 Å². The van der Waals surface area contributed by atoms with Crippen LogP contribution < -0.4 is 10.1 Å². The van der Waals surface area contributed by atoms with Crippen LogP contribution in [-0.2, 0) is 4.79 Å². The highest BCUT2D eigenvalue weighted by Gasteiger charge is 2.12. The number of carbonyl (C=O) groups excluding carboxylic acids is 1.